The molecule has 0 atom stereocenters. The summed E-state index contributed by atoms with van der Waals surface area (Å²) in [6.45, 7) is 0. The van der Waals surface area contributed by atoms with Crippen LogP contribution in [0, 0.1) is 5.82 Å². The standard InChI is InChI=1S/C14H6Cl2F3NO4/c1-22-13(21)12-7(16)3-8(17)11(20-12)5-2-9-10(4-6(5)15)24-14(18,19)23-9/h2-4H,1H3. The molecule has 3 rings (SSSR count). The van der Waals surface area contributed by atoms with Crippen LogP contribution >= 0.6 is 23.2 Å². The molecule has 0 saturated carbocycles. The van der Waals surface area contributed by atoms with E-state index in [4.69, 9.17) is 23.2 Å². The number of fused-ring (bicyclic) bond motifs is 1. The molecule has 1 aliphatic heterocycles. The first-order valence-electron chi connectivity index (χ1n) is 6.26. The summed E-state index contributed by atoms with van der Waals surface area (Å²) in [7, 11) is 1.10. The van der Waals surface area contributed by atoms with Crippen LogP contribution in [-0.2, 0) is 4.74 Å². The Balaban J connectivity index is 2.15. The van der Waals surface area contributed by atoms with Crippen LogP contribution in [0.4, 0.5) is 13.2 Å². The molecular weight excluding hydrogens is 374 g/mol. The van der Waals surface area contributed by atoms with Gasteiger partial charge in [-0.3, -0.25) is 0 Å². The van der Waals surface area contributed by atoms with E-state index in [0.29, 0.717) is 0 Å². The highest BCUT2D eigenvalue weighted by Crippen LogP contribution is 2.46. The summed E-state index contributed by atoms with van der Waals surface area (Å²) in [6.07, 6.45) is -3.85. The molecular formula is C14H6Cl2F3NO4. The lowest BCUT2D eigenvalue weighted by Gasteiger charge is -2.09. The van der Waals surface area contributed by atoms with E-state index in [-0.39, 0.29) is 38.5 Å². The van der Waals surface area contributed by atoms with Gasteiger partial charge in [-0.2, -0.15) is 0 Å². The van der Waals surface area contributed by atoms with E-state index in [1.165, 1.54) is 0 Å². The number of rotatable bonds is 2. The molecule has 0 fully saturated rings. The van der Waals surface area contributed by atoms with E-state index < -0.39 is 18.1 Å². The number of nitrogens with zero attached hydrogens (tertiary/aromatic N) is 1. The van der Waals surface area contributed by atoms with E-state index in [0.717, 1.165) is 25.3 Å². The maximum atomic E-state index is 14.2. The van der Waals surface area contributed by atoms with Crippen molar-refractivity contribution in [1.29, 1.82) is 0 Å². The molecule has 5 nitrogen and oxygen atoms in total. The number of methoxy groups -OCH3 is 1. The number of esters is 1. The molecule has 24 heavy (non-hydrogen) atoms. The Morgan fingerprint density at radius 3 is 2.42 bits per heavy atom. The molecule has 0 radical (unpaired) electrons. The highest BCUT2D eigenvalue weighted by molar-refractivity contribution is 6.34. The van der Waals surface area contributed by atoms with Crippen molar-refractivity contribution in [1.82, 2.24) is 4.98 Å². The molecule has 1 aliphatic rings. The van der Waals surface area contributed by atoms with Crippen molar-refractivity contribution in [2.75, 3.05) is 7.11 Å². The molecule has 2 aromatic rings. The predicted molar refractivity (Wildman–Crippen MR) is 77.2 cm³/mol. The van der Waals surface area contributed by atoms with Crippen molar-refractivity contribution < 1.29 is 32.2 Å². The summed E-state index contributed by atoms with van der Waals surface area (Å²) in [5, 5.41) is -0.411. The number of alkyl halides is 2. The van der Waals surface area contributed by atoms with Crippen molar-refractivity contribution in [3.05, 3.63) is 39.8 Å². The van der Waals surface area contributed by atoms with Crippen LogP contribution in [0.2, 0.25) is 10.0 Å². The third-order valence-corrected chi connectivity index (χ3v) is 3.66. The number of hydrogen-bond acceptors (Lipinski definition) is 5. The number of hydrogen-bond donors (Lipinski definition) is 0. The highest BCUT2D eigenvalue weighted by atomic mass is 35.5. The highest BCUT2D eigenvalue weighted by Gasteiger charge is 2.44. The fourth-order valence-corrected chi connectivity index (χ4v) is 2.51. The summed E-state index contributed by atoms with van der Waals surface area (Å²) in [5.74, 6) is -2.48. The molecule has 0 amide bonds. The molecule has 0 aliphatic carbocycles. The lowest BCUT2D eigenvalue weighted by Crippen LogP contribution is -2.25. The fourth-order valence-electron chi connectivity index (χ4n) is 2.05. The Hall–Kier alpha value is -2.19. The monoisotopic (exact) mass is 379 g/mol. The van der Waals surface area contributed by atoms with Crippen molar-refractivity contribution in [3.63, 3.8) is 0 Å². The van der Waals surface area contributed by atoms with Crippen LogP contribution in [0.5, 0.6) is 11.5 Å². The topological polar surface area (TPSA) is 57.7 Å². The fraction of sp³-hybridized carbons (Fsp3) is 0.143. The lowest BCUT2D eigenvalue weighted by atomic mass is 10.1. The zero-order chi connectivity index (χ0) is 17.6. The number of carbonyl (C=O) groups is 1. The third kappa shape index (κ3) is 2.83. The minimum atomic E-state index is -3.85. The van der Waals surface area contributed by atoms with Crippen molar-refractivity contribution in [2.24, 2.45) is 0 Å². The van der Waals surface area contributed by atoms with Gasteiger partial charge in [-0.1, -0.05) is 23.2 Å². The minimum Gasteiger partial charge on any atom is -0.464 e. The van der Waals surface area contributed by atoms with Gasteiger partial charge in [-0.25, -0.2) is 14.2 Å². The number of carbonyl (C=O) groups excluding carboxylic acids is 1. The molecule has 1 aromatic carbocycles. The van der Waals surface area contributed by atoms with E-state index in [1.54, 1.807) is 0 Å². The normalized spacial score (nSPS) is 14.6. The van der Waals surface area contributed by atoms with Gasteiger partial charge in [0.2, 0.25) is 0 Å². The summed E-state index contributed by atoms with van der Waals surface area (Å²) < 4.78 is 53.4. The molecule has 0 N–H and O–H groups in total. The molecule has 2 heterocycles. The van der Waals surface area contributed by atoms with Crippen LogP contribution in [0.15, 0.2) is 18.2 Å². The lowest BCUT2D eigenvalue weighted by molar-refractivity contribution is -0.286. The van der Waals surface area contributed by atoms with Crippen LogP contribution in [0.3, 0.4) is 0 Å². The van der Waals surface area contributed by atoms with E-state index in [9.17, 15) is 18.0 Å². The maximum absolute atomic E-state index is 14.2. The minimum absolute atomic E-state index is 0.0870. The SMILES string of the molecule is COC(=O)c1nc(-c2cc3c(cc2Cl)OC(F)(F)O3)c(F)cc1Cl. The van der Waals surface area contributed by atoms with Gasteiger partial charge in [0.05, 0.1) is 17.2 Å². The number of pyridine rings is 1. The summed E-state index contributed by atoms with van der Waals surface area (Å²) in [4.78, 5) is 15.4. The first-order chi connectivity index (χ1) is 11.2. The van der Waals surface area contributed by atoms with Crippen molar-refractivity contribution in [2.45, 2.75) is 6.29 Å². The Bertz CT molecular complexity index is 860. The Morgan fingerprint density at radius 1 is 1.17 bits per heavy atom. The molecule has 0 unspecified atom stereocenters. The van der Waals surface area contributed by atoms with Gasteiger partial charge in [-0.05, 0) is 12.1 Å². The van der Waals surface area contributed by atoms with Gasteiger partial charge in [0.25, 0.3) is 0 Å². The second-order valence-corrected chi connectivity index (χ2v) is 5.40. The van der Waals surface area contributed by atoms with Gasteiger partial charge in [0.15, 0.2) is 23.0 Å². The van der Waals surface area contributed by atoms with E-state index in [1.807, 2.05) is 0 Å². The van der Waals surface area contributed by atoms with Gasteiger partial charge in [0.1, 0.15) is 5.69 Å². The molecule has 0 spiro atoms. The Labute approximate surface area is 142 Å². The number of aromatic nitrogens is 1. The van der Waals surface area contributed by atoms with Gasteiger partial charge in [0, 0.05) is 11.6 Å². The Kier molecular flexibility index (Phi) is 3.97. The van der Waals surface area contributed by atoms with E-state index in [2.05, 4.69) is 19.2 Å². The average Bonchev–Trinajstić information content (AvgIpc) is 2.79. The van der Waals surface area contributed by atoms with Crippen LogP contribution in [0.25, 0.3) is 11.3 Å². The van der Waals surface area contributed by atoms with Crippen LogP contribution in [0.1, 0.15) is 10.5 Å². The largest absolute Gasteiger partial charge is 0.586 e. The van der Waals surface area contributed by atoms with Crippen LogP contribution in [-0.4, -0.2) is 24.4 Å². The van der Waals surface area contributed by atoms with Gasteiger partial charge in [-0.15, -0.1) is 8.78 Å². The van der Waals surface area contributed by atoms with Gasteiger partial charge < -0.3 is 14.2 Å². The second kappa shape index (κ2) is 5.71. The number of halogens is 5. The third-order valence-electron chi connectivity index (χ3n) is 3.05. The number of ether oxygens (including phenoxy) is 3. The smallest absolute Gasteiger partial charge is 0.464 e. The quantitative estimate of drug-likeness (QED) is 0.728. The molecule has 10 heteroatoms. The summed E-state index contributed by atoms with van der Waals surface area (Å²) >= 11 is 11.7. The first-order valence-corrected chi connectivity index (χ1v) is 7.01. The molecule has 126 valence electrons. The number of benzene rings is 1. The second-order valence-electron chi connectivity index (χ2n) is 4.59. The van der Waals surface area contributed by atoms with Crippen molar-refractivity contribution in [3.8, 4) is 22.8 Å². The van der Waals surface area contributed by atoms with E-state index >= 15 is 0 Å². The Morgan fingerprint density at radius 2 is 1.79 bits per heavy atom. The summed E-state index contributed by atoms with van der Waals surface area (Å²) in [6, 6.07) is 2.89. The van der Waals surface area contributed by atoms with Gasteiger partial charge >= 0.3 is 12.3 Å². The molecule has 0 bridgehead atoms. The average molecular weight is 380 g/mol. The maximum Gasteiger partial charge on any atom is 0.586 e. The molecule has 0 saturated heterocycles. The first kappa shape index (κ1) is 16.7. The van der Waals surface area contributed by atoms with Crippen molar-refractivity contribution >= 4 is 29.2 Å². The summed E-state index contributed by atoms with van der Waals surface area (Å²) in [5.41, 5.74) is -0.822. The zero-order valence-electron chi connectivity index (χ0n) is 11.7. The van der Waals surface area contributed by atoms with Crippen LogP contribution < -0.4 is 9.47 Å². The zero-order valence-corrected chi connectivity index (χ0v) is 13.2. The predicted octanol–water partition coefficient (Wildman–Crippen LogP) is 4.30. The molecule has 1 aromatic heterocycles.